The number of aromatic nitrogens is 2. The predicted octanol–water partition coefficient (Wildman–Crippen LogP) is 0.831. The van der Waals surface area contributed by atoms with Crippen LogP contribution in [-0.2, 0) is 32.3 Å². The standard InChI is InChI=1S/C16H24FN2O11P/c1-10(2)28-15(23)25-9-27-31(24)26-8-16(7-17,11(3)30-31)29-13(6-20)19-5-4-12(21)18-14(19)22/h4-5,10-11,13,20H,6-9H2,1-3H3,(H,18,21,22)/t11-,13+,16+,31?/m0/s1. The summed E-state index contributed by atoms with van der Waals surface area (Å²) in [5.41, 5.74) is -3.45. The van der Waals surface area contributed by atoms with Gasteiger partial charge in [0, 0.05) is 12.3 Å². The second-order valence-corrected chi connectivity index (χ2v) is 8.37. The van der Waals surface area contributed by atoms with Gasteiger partial charge in [0.15, 0.2) is 6.23 Å². The van der Waals surface area contributed by atoms with E-state index in [9.17, 15) is 28.4 Å². The number of nitrogens with zero attached hydrogens (tertiary/aromatic N) is 1. The van der Waals surface area contributed by atoms with Gasteiger partial charge in [-0.15, -0.1) is 0 Å². The van der Waals surface area contributed by atoms with Crippen molar-refractivity contribution in [3.8, 4) is 0 Å². The van der Waals surface area contributed by atoms with Gasteiger partial charge in [0.1, 0.15) is 18.4 Å². The van der Waals surface area contributed by atoms with E-state index in [1.165, 1.54) is 6.92 Å². The molecule has 1 unspecified atom stereocenters. The summed E-state index contributed by atoms with van der Waals surface area (Å²) in [5, 5.41) is 9.61. The van der Waals surface area contributed by atoms with Crippen LogP contribution in [0.4, 0.5) is 9.18 Å². The highest BCUT2D eigenvalue weighted by Crippen LogP contribution is 2.56. The largest absolute Gasteiger partial charge is 0.510 e. The third-order valence-electron chi connectivity index (χ3n) is 4.13. The first-order valence-corrected chi connectivity index (χ1v) is 10.6. The molecular weight excluding hydrogens is 446 g/mol. The van der Waals surface area contributed by atoms with Crippen molar-refractivity contribution in [1.82, 2.24) is 9.55 Å². The van der Waals surface area contributed by atoms with Crippen LogP contribution in [0, 0.1) is 0 Å². The van der Waals surface area contributed by atoms with Crippen molar-refractivity contribution in [2.75, 3.05) is 26.7 Å². The molecule has 0 aliphatic carbocycles. The molecule has 1 aromatic heterocycles. The van der Waals surface area contributed by atoms with Gasteiger partial charge >= 0.3 is 19.7 Å². The maximum atomic E-state index is 14.0. The monoisotopic (exact) mass is 470 g/mol. The summed E-state index contributed by atoms with van der Waals surface area (Å²) in [4.78, 5) is 36.4. The Balaban J connectivity index is 2.06. The van der Waals surface area contributed by atoms with Crippen molar-refractivity contribution in [2.45, 2.75) is 44.8 Å². The van der Waals surface area contributed by atoms with Crippen molar-refractivity contribution in [3.63, 3.8) is 0 Å². The van der Waals surface area contributed by atoms with Crippen LogP contribution in [-0.4, -0.2) is 65.3 Å². The Morgan fingerprint density at radius 2 is 2.19 bits per heavy atom. The third-order valence-corrected chi connectivity index (χ3v) is 5.57. The molecule has 176 valence electrons. The Labute approximate surface area is 175 Å². The molecule has 1 aliphatic rings. The summed E-state index contributed by atoms with van der Waals surface area (Å²) in [7, 11) is -4.25. The number of alkyl halides is 1. The minimum absolute atomic E-state index is 0.442. The molecular formula is C16H24FN2O11P. The van der Waals surface area contributed by atoms with E-state index in [1.807, 2.05) is 4.98 Å². The van der Waals surface area contributed by atoms with Crippen LogP contribution in [0.25, 0.3) is 0 Å². The average molecular weight is 470 g/mol. The molecule has 0 aromatic carbocycles. The lowest BCUT2D eigenvalue weighted by molar-refractivity contribution is -0.222. The van der Waals surface area contributed by atoms with Crippen LogP contribution in [0.15, 0.2) is 21.9 Å². The Morgan fingerprint density at radius 3 is 2.74 bits per heavy atom. The summed E-state index contributed by atoms with van der Waals surface area (Å²) in [5.74, 6) is 0. The maximum absolute atomic E-state index is 14.0. The predicted molar refractivity (Wildman–Crippen MR) is 100.0 cm³/mol. The number of nitrogens with one attached hydrogen (secondary N) is 1. The van der Waals surface area contributed by atoms with E-state index in [0.717, 1.165) is 16.8 Å². The Kier molecular flexibility index (Phi) is 8.51. The highest BCUT2D eigenvalue weighted by Gasteiger charge is 2.51. The summed E-state index contributed by atoms with van der Waals surface area (Å²) < 4.78 is 57.2. The molecule has 0 saturated carbocycles. The number of H-pyrrole nitrogens is 1. The summed E-state index contributed by atoms with van der Waals surface area (Å²) in [6.45, 7) is 1.07. The molecule has 0 radical (unpaired) electrons. The molecule has 1 aromatic rings. The molecule has 1 aliphatic heterocycles. The molecule has 2 heterocycles. The summed E-state index contributed by atoms with van der Waals surface area (Å²) in [6, 6.07) is 1.01. The van der Waals surface area contributed by atoms with Gasteiger partial charge < -0.3 is 19.3 Å². The zero-order valence-corrected chi connectivity index (χ0v) is 17.9. The van der Waals surface area contributed by atoms with Gasteiger partial charge in [-0.2, -0.15) is 0 Å². The molecule has 1 fully saturated rings. The molecule has 2 rings (SSSR count). The molecule has 31 heavy (non-hydrogen) atoms. The van der Waals surface area contributed by atoms with Crippen LogP contribution in [0.1, 0.15) is 27.0 Å². The quantitative estimate of drug-likeness (QED) is 0.298. The van der Waals surface area contributed by atoms with Crippen LogP contribution in [0.5, 0.6) is 0 Å². The van der Waals surface area contributed by atoms with Gasteiger partial charge in [-0.25, -0.2) is 23.1 Å². The van der Waals surface area contributed by atoms with Crippen molar-refractivity contribution >= 4 is 14.0 Å². The number of ether oxygens (including phenoxy) is 3. The van der Waals surface area contributed by atoms with Gasteiger partial charge in [0.25, 0.3) is 5.56 Å². The molecule has 0 bridgehead atoms. The fourth-order valence-electron chi connectivity index (χ4n) is 2.47. The number of rotatable bonds is 9. The second-order valence-electron chi connectivity index (χ2n) is 6.75. The fraction of sp³-hybridized carbons (Fsp3) is 0.688. The molecule has 2 N–H and O–H groups in total. The third kappa shape index (κ3) is 6.45. The molecule has 0 amide bonds. The Hall–Kier alpha value is -2.09. The lowest BCUT2D eigenvalue weighted by atomic mass is 10.0. The number of hydrogen-bond donors (Lipinski definition) is 2. The normalized spacial score (nSPS) is 27.1. The minimum Gasteiger partial charge on any atom is -0.432 e. The van der Waals surface area contributed by atoms with Gasteiger partial charge in [0.2, 0.25) is 6.79 Å². The zero-order chi connectivity index (χ0) is 23.2. The van der Waals surface area contributed by atoms with Gasteiger partial charge in [-0.05, 0) is 20.8 Å². The first kappa shape index (κ1) is 25.2. The van der Waals surface area contributed by atoms with E-state index < -0.39 is 75.9 Å². The van der Waals surface area contributed by atoms with Crippen molar-refractivity contribution < 1.29 is 46.6 Å². The van der Waals surface area contributed by atoms with Crippen molar-refractivity contribution in [2.24, 2.45) is 0 Å². The topological polar surface area (TPSA) is 165 Å². The fourth-order valence-corrected chi connectivity index (χ4v) is 3.81. The lowest BCUT2D eigenvalue weighted by Gasteiger charge is -2.43. The first-order valence-electron chi connectivity index (χ1n) is 9.11. The average Bonchev–Trinajstić information content (AvgIpc) is 2.68. The summed E-state index contributed by atoms with van der Waals surface area (Å²) >= 11 is 0. The van der Waals surface area contributed by atoms with Crippen LogP contribution >= 0.6 is 7.82 Å². The molecule has 4 atom stereocenters. The van der Waals surface area contributed by atoms with Crippen molar-refractivity contribution in [1.29, 1.82) is 0 Å². The number of aromatic amines is 1. The number of carbonyl (C=O) groups excluding carboxylic acids is 1. The highest BCUT2D eigenvalue weighted by atomic mass is 31.2. The van der Waals surface area contributed by atoms with E-state index in [1.54, 1.807) is 13.8 Å². The van der Waals surface area contributed by atoms with Crippen molar-refractivity contribution in [3.05, 3.63) is 33.1 Å². The van der Waals surface area contributed by atoms with E-state index in [2.05, 4.69) is 4.74 Å². The molecule has 0 spiro atoms. The van der Waals surface area contributed by atoms with Crippen LogP contribution < -0.4 is 11.2 Å². The van der Waals surface area contributed by atoms with E-state index in [-0.39, 0.29) is 0 Å². The lowest BCUT2D eigenvalue weighted by Crippen LogP contribution is -2.55. The smallest absolute Gasteiger partial charge is 0.432 e. The van der Waals surface area contributed by atoms with Gasteiger partial charge in [-0.3, -0.25) is 23.4 Å². The van der Waals surface area contributed by atoms with Gasteiger partial charge in [-0.1, -0.05) is 0 Å². The van der Waals surface area contributed by atoms with Gasteiger partial charge in [0.05, 0.1) is 19.3 Å². The number of phosphoric ester groups is 1. The molecule has 1 saturated heterocycles. The number of halogens is 1. The van der Waals surface area contributed by atoms with Crippen LogP contribution in [0.2, 0.25) is 0 Å². The second kappa shape index (κ2) is 10.5. The van der Waals surface area contributed by atoms with E-state index in [0.29, 0.717) is 0 Å². The van der Waals surface area contributed by atoms with E-state index >= 15 is 0 Å². The minimum atomic E-state index is -4.25. The number of aliphatic hydroxyl groups is 1. The highest BCUT2D eigenvalue weighted by molar-refractivity contribution is 7.48. The Morgan fingerprint density at radius 1 is 1.48 bits per heavy atom. The van der Waals surface area contributed by atoms with E-state index in [4.69, 9.17) is 23.0 Å². The number of carbonyl (C=O) groups is 1. The zero-order valence-electron chi connectivity index (χ0n) is 17.0. The number of phosphoric acid groups is 1. The molecule has 13 nitrogen and oxygen atoms in total. The summed E-state index contributed by atoms with van der Waals surface area (Å²) in [6.07, 6.45) is -3.10. The molecule has 15 heteroatoms. The van der Waals surface area contributed by atoms with Crippen LogP contribution in [0.3, 0.4) is 0 Å². The number of hydrogen-bond acceptors (Lipinski definition) is 11. The SMILES string of the molecule is CC(C)OC(=O)OCOP1(=O)OC[C@@](CF)(O[C@H](CO)n2ccc(=O)[nH]c2=O)[C@H](C)O1. The number of aliphatic hydroxyl groups excluding tert-OH is 1. The maximum Gasteiger partial charge on any atom is 0.510 e. The Bertz CT molecular complexity index is 919. The first-order chi connectivity index (χ1) is 14.5.